The van der Waals surface area contributed by atoms with Gasteiger partial charge in [0.15, 0.2) is 0 Å². The first-order valence-electron chi connectivity index (χ1n) is 5.69. The lowest BCUT2D eigenvalue weighted by Crippen LogP contribution is -2.59. The van der Waals surface area contributed by atoms with Gasteiger partial charge in [0.1, 0.15) is 0 Å². The van der Waals surface area contributed by atoms with Crippen LogP contribution in [0.4, 0.5) is 0 Å². The first-order valence-corrected chi connectivity index (χ1v) is 6.63. The molecule has 16 heavy (non-hydrogen) atoms. The van der Waals surface area contributed by atoms with Gasteiger partial charge in [0.25, 0.3) is 0 Å². The van der Waals surface area contributed by atoms with Crippen molar-refractivity contribution in [2.24, 2.45) is 5.84 Å². The summed E-state index contributed by atoms with van der Waals surface area (Å²) < 4.78 is 0. The number of hydrogen-bond donors (Lipinski definition) is 2. The molecule has 2 atom stereocenters. The third-order valence-electron chi connectivity index (χ3n) is 3.71. The number of nitrogens with one attached hydrogen (secondary N) is 1. The second kappa shape index (κ2) is 5.77. The second-order valence-electron chi connectivity index (χ2n) is 4.66. The minimum Gasteiger partial charge on any atom is -0.302 e. The molecule has 0 aliphatic heterocycles. The Bertz CT molecular complexity index is 297. The van der Waals surface area contributed by atoms with Crippen molar-refractivity contribution in [1.82, 2.24) is 10.3 Å². The SMILES string of the molecule is CCC(C)(C(Cc1ccsc1)NN)N(C)C. The summed E-state index contributed by atoms with van der Waals surface area (Å²) in [6, 6.07) is 2.43. The van der Waals surface area contributed by atoms with Gasteiger partial charge in [-0.25, -0.2) is 0 Å². The van der Waals surface area contributed by atoms with Crippen LogP contribution in [-0.2, 0) is 6.42 Å². The predicted octanol–water partition coefficient (Wildman–Crippen LogP) is 1.85. The Hall–Kier alpha value is -0.420. The molecule has 0 saturated heterocycles. The van der Waals surface area contributed by atoms with Crippen molar-refractivity contribution >= 4 is 11.3 Å². The topological polar surface area (TPSA) is 41.3 Å². The largest absolute Gasteiger partial charge is 0.302 e. The number of hydrazine groups is 1. The highest BCUT2D eigenvalue weighted by molar-refractivity contribution is 7.07. The molecule has 1 rings (SSSR count). The molecule has 92 valence electrons. The normalized spacial score (nSPS) is 17.4. The van der Waals surface area contributed by atoms with Crippen LogP contribution in [0.1, 0.15) is 25.8 Å². The number of thiophene rings is 1. The number of rotatable bonds is 6. The van der Waals surface area contributed by atoms with E-state index in [1.54, 1.807) is 11.3 Å². The van der Waals surface area contributed by atoms with Crippen molar-refractivity contribution in [2.45, 2.75) is 38.3 Å². The molecule has 1 aromatic heterocycles. The molecule has 0 aromatic carbocycles. The third-order valence-corrected chi connectivity index (χ3v) is 4.44. The van der Waals surface area contributed by atoms with Crippen LogP contribution in [0.25, 0.3) is 0 Å². The van der Waals surface area contributed by atoms with Crippen LogP contribution in [0, 0.1) is 0 Å². The number of nitrogens with zero attached hydrogens (tertiary/aromatic N) is 1. The van der Waals surface area contributed by atoms with Crippen molar-refractivity contribution in [3.63, 3.8) is 0 Å². The van der Waals surface area contributed by atoms with Crippen molar-refractivity contribution in [3.05, 3.63) is 22.4 Å². The Kier molecular flexibility index (Phi) is 4.92. The Balaban J connectivity index is 2.79. The van der Waals surface area contributed by atoms with Crippen LogP contribution in [0.15, 0.2) is 16.8 Å². The monoisotopic (exact) mass is 241 g/mol. The molecule has 0 bridgehead atoms. The zero-order valence-corrected chi connectivity index (χ0v) is 11.5. The summed E-state index contributed by atoms with van der Waals surface area (Å²) in [6.07, 6.45) is 2.04. The van der Waals surface area contributed by atoms with Crippen molar-refractivity contribution in [1.29, 1.82) is 0 Å². The van der Waals surface area contributed by atoms with E-state index in [9.17, 15) is 0 Å². The highest BCUT2D eigenvalue weighted by Gasteiger charge is 2.34. The first-order chi connectivity index (χ1) is 7.54. The number of likely N-dealkylation sites (N-methyl/N-ethyl adjacent to an activating group) is 1. The van der Waals surface area contributed by atoms with Gasteiger partial charge < -0.3 is 4.90 Å². The summed E-state index contributed by atoms with van der Waals surface area (Å²) in [7, 11) is 4.23. The van der Waals surface area contributed by atoms with E-state index in [1.165, 1.54) is 5.56 Å². The van der Waals surface area contributed by atoms with Crippen molar-refractivity contribution in [3.8, 4) is 0 Å². The quantitative estimate of drug-likeness (QED) is 0.590. The van der Waals surface area contributed by atoms with Gasteiger partial charge >= 0.3 is 0 Å². The Labute approximate surface area is 103 Å². The highest BCUT2D eigenvalue weighted by atomic mass is 32.1. The van der Waals surface area contributed by atoms with Gasteiger partial charge in [0.2, 0.25) is 0 Å². The summed E-state index contributed by atoms with van der Waals surface area (Å²) in [4.78, 5) is 2.25. The minimum absolute atomic E-state index is 0.0800. The fourth-order valence-corrected chi connectivity index (χ4v) is 2.66. The average Bonchev–Trinajstić information content (AvgIpc) is 2.77. The van der Waals surface area contributed by atoms with E-state index in [1.807, 2.05) is 0 Å². The second-order valence-corrected chi connectivity index (χ2v) is 5.44. The molecular formula is C12H23N3S. The first kappa shape index (κ1) is 13.6. The van der Waals surface area contributed by atoms with E-state index in [4.69, 9.17) is 5.84 Å². The molecule has 0 aliphatic rings. The van der Waals surface area contributed by atoms with Gasteiger partial charge in [-0.15, -0.1) is 0 Å². The molecule has 3 nitrogen and oxygen atoms in total. The lowest BCUT2D eigenvalue weighted by Gasteiger charge is -2.42. The van der Waals surface area contributed by atoms with Gasteiger partial charge in [0.05, 0.1) is 0 Å². The molecule has 1 heterocycles. The van der Waals surface area contributed by atoms with Crippen LogP contribution < -0.4 is 11.3 Å². The lowest BCUT2D eigenvalue weighted by molar-refractivity contribution is 0.112. The Morgan fingerprint density at radius 3 is 2.62 bits per heavy atom. The molecule has 2 unspecified atom stereocenters. The molecule has 3 N–H and O–H groups in total. The summed E-state index contributed by atoms with van der Waals surface area (Å²) in [5.41, 5.74) is 4.41. The van der Waals surface area contributed by atoms with Crippen LogP contribution in [0.3, 0.4) is 0 Å². The molecule has 1 aromatic rings. The molecule has 4 heteroatoms. The van der Waals surface area contributed by atoms with Crippen molar-refractivity contribution in [2.75, 3.05) is 14.1 Å². The third kappa shape index (κ3) is 2.83. The average molecular weight is 241 g/mol. The lowest BCUT2D eigenvalue weighted by atomic mass is 9.85. The van der Waals surface area contributed by atoms with Crippen LogP contribution >= 0.6 is 11.3 Å². The maximum atomic E-state index is 5.72. The summed E-state index contributed by atoms with van der Waals surface area (Å²) in [5, 5.41) is 4.30. The summed E-state index contributed by atoms with van der Waals surface area (Å²) in [5.74, 6) is 5.72. The Morgan fingerprint density at radius 1 is 1.56 bits per heavy atom. The van der Waals surface area contributed by atoms with Gasteiger partial charge in [0, 0.05) is 11.6 Å². The molecule has 0 spiro atoms. The molecule has 0 saturated carbocycles. The van der Waals surface area contributed by atoms with Gasteiger partial charge in [-0.2, -0.15) is 11.3 Å². The fourth-order valence-electron chi connectivity index (χ4n) is 1.98. The number of hydrogen-bond acceptors (Lipinski definition) is 4. The van der Waals surface area contributed by atoms with Crippen LogP contribution in [0.5, 0.6) is 0 Å². The minimum atomic E-state index is 0.0800. The zero-order valence-electron chi connectivity index (χ0n) is 10.7. The summed E-state index contributed by atoms with van der Waals surface area (Å²) >= 11 is 1.74. The standard InChI is InChI=1S/C12H23N3S/c1-5-12(2,15(3)4)11(14-13)8-10-6-7-16-9-10/h6-7,9,11,14H,5,8,13H2,1-4H3. The molecule has 0 fully saturated rings. The maximum Gasteiger partial charge on any atom is 0.0432 e. The molecule has 0 amide bonds. The van der Waals surface area contributed by atoms with Crippen molar-refractivity contribution < 1.29 is 0 Å². The Morgan fingerprint density at radius 2 is 2.25 bits per heavy atom. The van der Waals surface area contributed by atoms with E-state index >= 15 is 0 Å². The summed E-state index contributed by atoms with van der Waals surface area (Å²) in [6.45, 7) is 4.46. The van der Waals surface area contributed by atoms with Crippen LogP contribution in [-0.4, -0.2) is 30.6 Å². The number of nitrogens with two attached hydrogens (primary N) is 1. The van der Waals surface area contributed by atoms with E-state index in [-0.39, 0.29) is 11.6 Å². The predicted molar refractivity (Wildman–Crippen MR) is 71.5 cm³/mol. The van der Waals surface area contributed by atoms with Gasteiger partial charge in [-0.3, -0.25) is 11.3 Å². The van der Waals surface area contributed by atoms with Gasteiger partial charge in [-0.05, 0) is 56.3 Å². The highest BCUT2D eigenvalue weighted by Crippen LogP contribution is 2.24. The smallest absolute Gasteiger partial charge is 0.0432 e. The molecular weight excluding hydrogens is 218 g/mol. The zero-order chi connectivity index (χ0) is 12.2. The molecule has 0 radical (unpaired) electrons. The van der Waals surface area contributed by atoms with E-state index in [2.05, 4.69) is 55.1 Å². The maximum absolute atomic E-state index is 5.72. The fraction of sp³-hybridized carbons (Fsp3) is 0.667. The van der Waals surface area contributed by atoms with E-state index < -0.39 is 0 Å². The van der Waals surface area contributed by atoms with Crippen LogP contribution in [0.2, 0.25) is 0 Å². The van der Waals surface area contributed by atoms with E-state index in [0.717, 1.165) is 12.8 Å². The van der Waals surface area contributed by atoms with Gasteiger partial charge in [-0.1, -0.05) is 6.92 Å². The molecule has 0 aliphatic carbocycles. The van der Waals surface area contributed by atoms with E-state index in [0.29, 0.717) is 0 Å².